The topological polar surface area (TPSA) is 55.6 Å². The highest BCUT2D eigenvalue weighted by molar-refractivity contribution is 5.81. The molecule has 2 N–H and O–H groups in total. The van der Waals surface area contributed by atoms with Gasteiger partial charge in [0.15, 0.2) is 0 Å². The molecule has 0 rings (SSSR count). The van der Waals surface area contributed by atoms with E-state index in [4.69, 9.17) is 10.5 Å². The first kappa shape index (κ1) is 15.4. The van der Waals surface area contributed by atoms with E-state index in [-0.39, 0.29) is 18.0 Å². The van der Waals surface area contributed by atoms with E-state index in [0.717, 1.165) is 19.3 Å². The Kier molecular flexibility index (Phi) is 8.21. The third-order valence-corrected chi connectivity index (χ3v) is 2.90. The molecule has 1 amide bonds. The molecule has 4 nitrogen and oxygen atoms in total. The fraction of sp³-hybridized carbons (Fsp3) is 0.917. The van der Waals surface area contributed by atoms with Crippen LogP contribution in [0.4, 0.5) is 0 Å². The summed E-state index contributed by atoms with van der Waals surface area (Å²) in [4.78, 5) is 13.7. The molecule has 0 bridgehead atoms. The van der Waals surface area contributed by atoms with Crippen LogP contribution in [0.2, 0.25) is 0 Å². The van der Waals surface area contributed by atoms with Gasteiger partial charge in [0, 0.05) is 26.8 Å². The molecule has 4 heteroatoms. The molecule has 0 fully saturated rings. The number of nitrogens with two attached hydrogens (primary N) is 1. The molecule has 0 aromatic rings. The van der Waals surface area contributed by atoms with Gasteiger partial charge in [-0.15, -0.1) is 0 Å². The molecule has 0 aliphatic rings. The third-order valence-electron chi connectivity index (χ3n) is 2.90. The average Bonchev–Trinajstić information content (AvgIpc) is 2.27. The van der Waals surface area contributed by atoms with Gasteiger partial charge < -0.3 is 15.4 Å². The van der Waals surface area contributed by atoms with Gasteiger partial charge in [-0.25, -0.2) is 0 Å². The summed E-state index contributed by atoms with van der Waals surface area (Å²) in [7, 11) is 3.49. The van der Waals surface area contributed by atoms with E-state index in [0.29, 0.717) is 13.0 Å². The summed E-state index contributed by atoms with van der Waals surface area (Å²) in [5.74, 6) is 0.0389. The Labute approximate surface area is 99.1 Å². The number of likely N-dealkylation sites (N-methyl/N-ethyl adjacent to an activating group) is 1. The van der Waals surface area contributed by atoms with Gasteiger partial charge in [0.1, 0.15) is 0 Å². The fourth-order valence-corrected chi connectivity index (χ4v) is 1.66. The number of methoxy groups -OCH3 is 1. The minimum absolute atomic E-state index is 0.0389. The van der Waals surface area contributed by atoms with Crippen LogP contribution in [-0.2, 0) is 9.53 Å². The first-order valence-corrected chi connectivity index (χ1v) is 6.05. The molecule has 2 atom stereocenters. The van der Waals surface area contributed by atoms with Crippen molar-refractivity contribution in [2.24, 2.45) is 5.73 Å². The van der Waals surface area contributed by atoms with Crippen molar-refractivity contribution >= 4 is 5.91 Å². The highest BCUT2D eigenvalue weighted by Crippen LogP contribution is 2.07. The highest BCUT2D eigenvalue weighted by Gasteiger charge is 2.20. The van der Waals surface area contributed by atoms with Crippen LogP contribution in [0.5, 0.6) is 0 Å². The minimum atomic E-state index is -0.389. The lowest BCUT2D eigenvalue weighted by Crippen LogP contribution is -2.45. The maximum atomic E-state index is 11.9. The van der Waals surface area contributed by atoms with Crippen LogP contribution in [0.3, 0.4) is 0 Å². The zero-order valence-corrected chi connectivity index (χ0v) is 11.0. The summed E-state index contributed by atoms with van der Waals surface area (Å²) in [6.07, 6.45) is 3.62. The van der Waals surface area contributed by atoms with Crippen molar-refractivity contribution < 1.29 is 9.53 Å². The Morgan fingerprint density at radius 3 is 2.56 bits per heavy atom. The monoisotopic (exact) mass is 230 g/mol. The standard InChI is InChI=1S/C12H26N2O2/c1-5-7-10(2)14(3)12(15)11(13)8-6-9-16-4/h10-11H,5-9,13H2,1-4H3. The Bertz CT molecular complexity index is 197. The van der Waals surface area contributed by atoms with E-state index in [1.54, 1.807) is 12.0 Å². The van der Waals surface area contributed by atoms with Gasteiger partial charge in [-0.1, -0.05) is 13.3 Å². The molecule has 2 unspecified atom stereocenters. The predicted molar refractivity (Wildman–Crippen MR) is 66.2 cm³/mol. The van der Waals surface area contributed by atoms with Gasteiger partial charge in [-0.05, 0) is 26.2 Å². The predicted octanol–water partition coefficient (Wildman–Crippen LogP) is 1.39. The Hall–Kier alpha value is -0.610. The van der Waals surface area contributed by atoms with Crippen LogP contribution >= 0.6 is 0 Å². The molecule has 96 valence electrons. The molecule has 0 aromatic carbocycles. The number of hydrogen-bond donors (Lipinski definition) is 1. The molecule has 0 aromatic heterocycles. The van der Waals surface area contributed by atoms with Crippen LogP contribution in [0.15, 0.2) is 0 Å². The maximum absolute atomic E-state index is 11.9. The van der Waals surface area contributed by atoms with E-state index in [1.165, 1.54) is 0 Å². The second kappa shape index (κ2) is 8.53. The zero-order chi connectivity index (χ0) is 12.6. The molecule has 0 saturated carbocycles. The number of amides is 1. The van der Waals surface area contributed by atoms with Gasteiger partial charge in [-0.2, -0.15) is 0 Å². The number of rotatable bonds is 8. The number of nitrogens with zero attached hydrogens (tertiary/aromatic N) is 1. The number of carbonyl (C=O) groups is 1. The van der Waals surface area contributed by atoms with Gasteiger partial charge in [-0.3, -0.25) is 4.79 Å². The quantitative estimate of drug-likeness (QED) is 0.641. The summed E-state index contributed by atoms with van der Waals surface area (Å²) in [5, 5.41) is 0. The first-order valence-electron chi connectivity index (χ1n) is 6.05. The van der Waals surface area contributed by atoms with Gasteiger partial charge in [0.25, 0.3) is 0 Å². The van der Waals surface area contributed by atoms with Crippen LogP contribution in [0.25, 0.3) is 0 Å². The van der Waals surface area contributed by atoms with Crippen molar-refractivity contribution in [2.75, 3.05) is 20.8 Å². The molecular weight excluding hydrogens is 204 g/mol. The summed E-state index contributed by atoms with van der Waals surface area (Å²) < 4.78 is 4.94. The third kappa shape index (κ3) is 5.47. The number of ether oxygens (including phenoxy) is 1. The van der Waals surface area contributed by atoms with Gasteiger partial charge in [0.05, 0.1) is 6.04 Å². The van der Waals surface area contributed by atoms with Crippen LogP contribution in [-0.4, -0.2) is 43.7 Å². The first-order chi connectivity index (χ1) is 7.54. The van der Waals surface area contributed by atoms with E-state index >= 15 is 0 Å². The van der Waals surface area contributed by atoms with E-state index in [2.05, 4.69) is 13.8 Å². The Morgan fingerprint density at radius 2 is 2.06 bits per heavy atom. The zero-order valence-electron chi connectivity index (χ0n) is 11.0. The number of carbonyl (C=O) groups excluding carboxylic acids is 1. The van der Waals surface area contributed by atoms with Gasteiger partial charge in [0.2, 0.25) is 5.91 Å². The van der Waals surface area contributed by atoms with Crippen LogP contribution in [0, 0.1) is 0 Å². The lowest BCUT2D eigenvalue weighted by molar-refractivity contribution is -0.133. The molecular formula is C12H26N2O2. The van der Waals surface area contributed by atoms with Crippen molar-refractivity contribution in [2.45, 2.75) is 51.6 Å². The van der Waals surface area contributed by atoms with Crippen molar-refractivity contribution in [1.29, 1.82) is 0 Å². The Balaban J connectivity index is 4.00. The SMILES string of the molecule is CCCC(C)N(C)C(=O)C(N)CCCOC. The van der Waals surface area contributed by atoms with Crippen LogP contribution < -0.4 is 5.73 Å². The average molecular weight is 230 g/mol. The smallest absolute Gasteiger partial charge is 0.239 e. The maximum Gasteiger partial charge on any atom is 0.239 e. The molecule has 16 heavy (non-hydrogen) atoms. The molecule has 0 heterocycles. The number of hydrogen-bond acceptors (Lipinski definition) is 3. The van der Waals surface area contributed by atoms with Crippen LogP contribution in [0.1, 0.15) is 39.5 Å². The highest BCUT2D eigenvalue weighted by atomic mass is 16.5. The second-order valence-electron chi connectivity index (χ2n) is 4.33. The molecule has 0 saturated heterocycles. The van der Waals surface area contributed by atoms with Crippen molar-refractivity contribution in [3.63, 3.8) is 0 Å². The molecule has 0 radical (unpaired) electrons. The fourth-order valence-electron chi connectivity index (χ4n) is 1.66. The Morgan fingerprint density at radius 1 is 1.44 bits per heavy atom. The lowest BCUT2D eigenvalue weighted by atomic mass is 10.1. The van der Waals surface area contributed by atoms with E-state index in [9.17, 15) is 4.79 Å². The molecule has 0 spiro atoms. The van der Waals surface area contributed by atoms with Crippen molar-refractivity contribution in [3.8, 4) is 0 Å². The molecule has 0 aliphatic heterocycles. The second-order valence-corrected chi connectivity index (χ2v) is 4.33. The summed E-state index contributed by atoms with van der Waals surface area (Å²) in [6, 6.07) is -0.120. The van der Waals surface area contributed by atoms with E-state index in [1.807, 2.05) is 7.05 Å². The summed E-state index contributed by atoms with van der Waals surface area (Å²) in [5.41, 5.74) is 5.85. The van der Waals surface area contributed by atoms with Crippen molar-refractivity contribution in [1.82, 2.24) is 4.90 Å². The van der Waals surface area contributed by atoms with Gasteiger partial charge >= 0.3 is 0 Å². The normalized spacial score (nSPS) is 14.6. The van der Waals surface area contributed by atoms with Crippen molar-refractivity contribution in [3.05, 3.63) is 0 Å². The largest absolute Gasteiger partial charge is 0.385 e. The summed E-state index contributed by atoms with van der Waals surface area (Å²) in [6.45, 7) is 4.84. The minimum Gasteiger partial charge on any atom is -0.385 e. The lowest BCUT2D eigenvalue weighted by Gasteiger charge is -2.27. The summed E-state index contributed by atoms with van der Waals surface area (Å²) >= 11 is 0. The molecule has 0 aliphatic carbocycles. The van der Waals surface area contributed by atoms with E-state index < -0.39 is 0 Å².